The van der Waals surface area contributed by atoms with E-state index in [4.69, 9.17) is 0 Å². The Morgan fingerprint density at radius 2 is 1.91 bits per heavy atom. The molecule has 0 unspecified atom stereocenters. The van der Waals surface area contributed by atoms with Gasteiger partial charge >= 0.3 is 0 Å². The summed E-state index contributed by atoms with van der Waals surface area (Å²) in [5.74, 6) is 0. The van der Waals surface area contributed by atoms with Crippen molar-refractivity contribution in [3.63, 3.8) is 0 Å². The summed E-state index contributed by atoms with van der Waals surface area (Å²) in [6.45, 7) is 0. The summed E-state index contributed by atoms with van der Waals surface area (Å²) in [4.78, 5) is 10.2. The van der Waals surface area contributed by atoms with E-state index in [1.807, 2.05) is 30.3 Å². The third-order valence-electron chi connectivity index (χ3n) is 1.22. The molecule has 1 rings (SSSR count). The standard InChI is InChI=1S/C9H7BrO/c10-9(7-11)6-8-4-2-1-3-5-8/h1-7H/b9-6-. The van der Waals surface area contributed by atoms with Crippen molar-refractivity contribution in [3.8, 4) is 0 Å². The molecule has 0 fully saturated rings. The molecule has 56 valence electrons. The molecule has 1 nitrogen and oxygen atoms in total. The van der Waals surface area contributed by atoms with Crippen LogP contribution in [0.3, 0.4) is 0 Å². The molecule has 11 heavy (non-hydrogen) atoms. The number of aldehydes is 1. The maximum absolute atomic E-state index is 10.2. The van der Waals surface area contributed by atoms with Gasteiger partial charge in [0.05, 0.1) is 4.48 Å². The second-order valence-corrected chi connectivity index (χ2v) is 2.97. The first-order valence-corrected chi connectivity index (χ1v) is 3.99. The van der Waals surface area contributed by atoms with E-state index < -0.39 is 0 Å². The zero-order valence-electron chi connectivity index (χ0n) is 5.83. The Morgan fingerprint density at radius 1 is 1.27 bits per heavy atom. The SMILES string of the molecule is O=C/C(Br)=C/c1ccccc1. The van der Waals surface area contributed by atoms with E-state index in [1.165, 1.54) is 0 Å². The monoisotopic (exact) mass is 210 g/mol. The molecule has 2 heteroatoms. The lowest BCUT2D eigenvalue weighted by molar-refractivity contribution is -0.104. The van der Waals surface area contributed by atoms with Crippen molar-refractivity contribution in [2.45, 2.75) is 0 Å². The summed E-state index contributed by atoms with van der Waals surface area (Å²) in [7, 11) is 0. The molecule has 0 amide bonds. The van der Waals surface area contributed by atoms with E-state index in [0.717, 1.165) is 11.8 Å². The Bertz CT molecular complexity index is 264. The maximum atomic E-state index is 10.2. The predicted octanol–water partition coefficient (Wildman–Crippen LogP) is 2.62. The molecule has 0 heterocycles. The number of carbonyl (C=O) groups excluding carboxylic acids is 1. The van der Waals surface area contributed by atoms with E-state index in [0.29, 0.717) is 4.48 Å². The summed E-state index contributed by atoms with van der Waals surface area (Å²) >= 11 is 3.11. The highest BCUT2D eigenvalue weighted by atomic mass is 79.9. The zero-order valence-corrected chi connectivity index (χ0v) is 7.41. The van der Waals surface area contributed by atoms with Crippen LogP contribution in [0, 0.1) is 0 Å². The Kier molecular flexibility index (Phi) is 3.05. The van der Waals surface area contributed by atoms with Gasteiger partial charge in [0.2, 0.25) is 0 Å². The van der Waals surface area contributed by atoms with Crippen molar-refractivity contribution in [1.29, 1.82) is 0 Å². The van der Waals surface area contributed by atoms with Crippen LogP contribution in [0.1, 0.15) is 5.56 Å². The molecule has 0 saturated heterocycles. The zero-order chi connectivity index (χ0) is 8.10. The molecule has 0 bridgehead atoms. The normalized spacial score (nSPS) is 11.2. The highest BCUT2D eigenvalue weighted by Crippen LogP contribution is 2.08. The van der Waals surface area contributed by atoms with Crippen LogP contribution < -0.4 is 0 Å². The highest BCUT2D eigenvalue weighted by molar-refractivity contribution is 9.12. The van der Waals surface area contributed by atoms with Crippen molar-refractivity contribution >= 4 is 28.3 Å². The third kappa shape index (κ3) is 2.68. The molecule has 0 N–H and O–H groups in total. The average molecular weight is 211 g/mol. The first-order chi connectivity index (χ1) is 5.33. The van der Waals surface area contributed by atoms with Crippen molar-refractivity contribution < 1.29 is 4.79 Å². The molecule has 0 saturated carbocycles. The summed E-state index contributed by atoms with van der Waals surface area (Å²) < 4.78 is 0.559. The van der Waals surface area contributed by atoms with Gasteiger partial charge in [-0.2, -0.15) is 0 Å². The number of carbonyl (C=O) groups is 1. The fourth-order valence-electron chi connectivity index (χ4n) is 0.743. The molecular weight excluding hydrogens is 204 g/mol. The van der Waals surface area contributed by atoms with Crippen LogP contribution in [0.4, 0.5) is 0 Å². The van der Waals surface area contributed by atoms with Crippen LogP contribution >= 0.6 is 15.9 Å². The molecule has 1 aromatic rings. The lowest BCUT2D eigenvalue weighted by atomic mass is 10.2. The Labute approximate surface area is 73.9 Å². The first-order valence-electron chi connectivity index (χ1n) is 3.20. The van der Waals surface area contributed by atoms with Gasteiger partial charge in [-0.05, 0) is 27.6 Å². The minimum atomic E-state index is 0.559. The van der Waals surface area contributed by atoms with Gasteiger partial charge in [-0.1, -0.05) is 30.3 Å². The maximum Gasteiger partial charge on any atom is 0.157 e. The van der Waals surface area contributed by atoms with Crippen molar-refractivity contribution in [3.05, 3.63) is 40.4 Å². The molecule has 0 radical (unpaired) electrons. The topological polar surface area (TPSA) is 17.1 Å². The van der Waals surface area contributed by atoms with Gasteiger partial charge < -0.3 is 0 Å². The van der Waals surface area contributed by atoms with E-state index >= 15 is 0 Å². The summed E-state index contributed by atoms with van der Waals surface area (Å²) in [5.41, 5.74) is 1.02. The molecule has 0 atom stereocenters. The molecule has 0 aliphatic heterocycles. The largest absolute Gasteiger partial charge is 0.297 e. The molecule has 1 aromatic carbocycles. The lowest BCUT2D eigenvalue weighted by Gasteiger charge is -1.89. The van der Waals surface area contributed by atoms with Gasteiger partial charge in [-0.3, -0.25) is 4.79 Å². The number of halogens is 1. The second-order valence-electron chi connectivity index (χ2n) is 2.06. The molecule has 0 aliphatic rings. The van der Waals surface area contributed by atoms with Crippen LogP contribution in [0.25, 0.3) is 6.08 Å². The fraction of sp³-hybridized carbons (Fsp3) is 0. The van der Waals surface area contributed by atoms with Crippen molar-refractivity contribution in [1.82, 2.24) is 0 Å². The van der Waals surface area contributed by atoms with Crippen LogP contribution in [0.2, 0.25) is 0 Å². The van der Waals surface area contributed by atoms with Crippen molar-refractivity contribution in [2.75, 3.05) is 0 Å². The summed E-state index contributed by atoms with van der Waals surface area (Å²) in [6, 6.07) is 9.66. The van der Waals surface area contributed by atoms with Crippen LogP contribution in [0.15, 0.2) is 34.8 Å². The van der Waals surface area contributed by atoms with E-state index in [-0.39, 0.29) is 0 Å². The second kappa shape index (κ2) is 4.09. The number of hydrogen-bond acceptors (Lipinski definition) is 1. The average Bonchev–Trinajstić information content (AvgIpc) is 2.06. The van der Waals surface area contributed by atoms with Gasteiger partial charge in [0, 0.05) is 0 Å². The van der Waals surface area contributed by atoms with Gasteiger partial charge in [-0.25, -0.2) is 0 Å². The number of hydrogen-bond donors (Lipinski definition) is 0. The quantitative estimate of drug-likeness (QED) is 0.542. The van der Waals surface area contributed by atoms with E-state index in [1.54, 1.807) is 6.08 Å². The molecule has 0 aliphatic carbocycles. The minimum absolute atomic E-state index is 0.559. The van der Waals surface area contributed by atoms with Gasteiger partial charge in [-0.15, -0.1) is 0 Å². The highest BCUT2D eigenvalue weighted by Gasteiger charge is 1.87. The van der Waals surface area contributed by atoms with Gasteiger partial charge in [0.25, 0.3) is 0 Å². The Balaban J connectivity index is 2.87. The molecule has 0 aromatic heterocycles. The van der Waals surface area contributed by atoms with Crippen LogP contribution in [0.5, 0.6) is 0 Å². The summed E-state index contributed by atoms with van der Waals surface area (Å²) in [6.07, 6.45) is 2.54. The van der Waals surface area contributed by atoms with E-state index in [9.17, 15) is 4.79 Å². The third-order valence-corrected chi connectivity index (χ3v) is 1.63. The number of allylic oxidation sites excluding steroid dienone is 1. The first kappa shape index (κ1) is 8.21. The number of benzene rings is 1. The Morgan fingerprint density at radius 3 is 2.45 bits per heavy atom. The van der Waals surface area contributed by atoms with Crippen LogP contribution in [-0.2, 0) is 4.79 Å². The predicted molar refractivity (Wildman–Crippen MR) is 49.4 cm³/mol. The fourth-order valence-corrected chi connectivity index (χ4v) is 1.01. The Hall–Kier alpha value is -0.890. The van der Waals surface area contributed by atoms with E-state index in [2.05, 4.69) is 15.9 Å². The molecule has 0 spiro atoms. The lowest BCUT2D eigenvalue weighted by Crippen LogP contribution is -1.73. The van der Waals surface area contributed by atoms with Gasteiger partial charge in [0.15, 0.2) is 6.29 Å². The minimum Gasteiger partial charge on any atom is -0.297 e. The smallest absolute Gasteiger partial charge is 0.157 e. The van der Waals surface area contributed by atoms with Crippen LogP contribution in [-0.4, -0.2) is 6.29 Å². The number of rotatable bonds is 2. The van der Waals surface area contributed by atoms with Gasteiger partial charge in [0.1, 0.15) is 0 Å². The summed E-state index contributed by atoms with van der Waals surface area (Å²) in [5, 5.41) is 0. The molecular formula is C9H7BrO. The van der Waals surface area contributed by atoms with Crippen molar-refractivity contribution in [2.24, 2.45) is 0 Å².